The molecule has 0 amide bonds. The van der Waals surface area contributed by atoms with Gasteiger partial charge in [0.05, 0.1) is 12.2 Å². The highest BCUT2D eigenvalue weighted by atomic mass is 16.3. The van der Waals surface area contributed by atoms with Gasteiger partial charge in [-0.25, -0.2) is 0 Å². The molecule has 0 fully saturated rings. The third kappa shape index (κ3) is 6.41. The van der Waals surface area contributed by atoms with Crippen LogP contribution in [0.15, 0.2) is 30.3 Å². The number of aliphatic hydroxyl groups is 2. The minimum Gasteiger partial charge on any atom is -0.393 e. The van der Waals surface area contributed by atoms with E-state index in [1.165, 1.54) is 5.56 Å². The lowest BCUT2D eigenvalue weighted by Crippen LogP contribution is -2.32. The second-order valence-corrected chi connectivity index (χ2v) is 4.71. The minimum absolute atomic E-state index is 0.290. The Hall–Kier alpha value is -0.900. The zero-order chi connectivity index (χ0) is 12.7. The van der Waals surface area contributed by atoms with Crippen molar-refractivity contribution in [3.8, 4) is 0 Å². The summed E-state index contributed by atoms with van der Waals surface area (Å²) in [6.45, 7) is 5.85. The van der Waals surface area contributed by atoms with Crippen LogP contribution in [0.4, 0.5) is 0 Å². The largest absolute Gasteiger partial charge is 0.393 e. The predicted octanol–water partition coefficient (Wildman–Crippen LogP) is 1.64. The Bertz CT molecular complexity index is 298. The van der Waals surface area contributed by atoms with E-state index in [1.54, 1.807) is 13.8 Å². The van der Waals surface area contributed by atoms with E-state index in [9.17, 15) is 10.2 Å². The van der Waals surface area contributed by atoms with Crippen LogP contribution in [0, 0.1) is 0 Å². The third-order valence-corrected chi connectivity index (χ3v) is 2.63. The topological polar surface area (TPSA) is 43.7 Å². The number of hydrogen-bond donors (Lipinski definition) is 2. The molecule has 0 aliphatic carbocycles. The zero-order valence-electron chi connectivity index (χ0n) is 10.7. The van der Waals surface area contributed by atoms with Gasteiger partial charge in [-0.1, -0.05) is 30.3 Å². The van der Waals surface area contributed by atoms with Crippen molar-refractivity contribution in [1.82, 2.24) is 4.90 Å². The van der Waals surface area contributed by atoms with E-state index in [0.717, 1.165) is 19.5 Å². The molecule has 0 heterocycles. The molecule has 0 aliphatic rings. The lowest BCUT2D eigenvalue weighted by molar-refractivity contribution is 0.103. The van der Waals surface area contributed by atoms with Crippen molar-refractivity contribution in [3.63, 3.8) is 0 Å². The van der Waals surface area contributed by atoms with Crippen molar-refractivity contribution in [1.29, 1.82) is 0 Å². The number of nitrogens with zero attached hydrogens (tertiary/aromatic N) is 1. The normalized spacial score (nSPS) is 14.9. The Morgan fingerprint density at radius 2 is 1.71 bits per heavy atom. The summed E-state index contributed by atoms with van der Waals surface area (Å²) in [4.78, 5) is 2.17. The van der Waals surface area contributed by atoms with Gasteiger partial charge in [0.1, 0.15) is 0 Å². The molecular formula is C14H23NO2. The van der Waals surface area contributed by atoms with Gasteiger partial charge in [-0.05, 0) is 25.8 Å². The Morgan fingerprint density at radius 3 is 2.24 bits per heavy atom. The summed E-state index contributed by atoms with van der Waals surface area (Å²) in [5, 5.41) is 18.8. The van der Waals surface area contributed by atoms with Gasteiger partial charge < -0.3 is 10.2 Å². The highest BCUT2D eigenvalue weighted by Crippen LogP contribution is 2.06. The fourth-order valence-corrected chi connectivity index (χ4v) is 1.82. The second kappa shape index (κ2) is 7.43. The van der Waals surface area contributed by atoms with E-state index in [1.807, 2.05) is 18.2 Å². The van der Waals surface area contributed by atoms with E-state index in [0.29, 0.717) is 6.54 Å². The predicted molar refractivity (Wildman–Crippen MR) is 69.7 cm³/mol. The van der Waals surface area contributed by atoms with Crippen molar-refractivity contribution < 1.29 is 10.2 Å². The van der Waals surface area contributed by atoms with E-state index >= 15 is 0 Å². The molecule has 0 aromatic heterocycles. The van der Waals surface area contributed by atoms with Crippen molar-refractivity contribution in [2.45, 2.75) is 39.0 Å². The molecule has 2 atom stereocenters. The van der Waals surface area contributed by atoms with Gasteiger partial charge in [0.2, 0.25) is 0 Å². The quantitative estimate of drug-likeness (QED) is 0.757. The maximum absolute atomic E-state index is 9.46. The summed E-state index contributed by atoms with van der Waals surface area (Å²) >= 11 is 0. The van der Waals surface area contributed by atoms with Crippen LogP contribution in [-0.2, 0) is 6.54 Å². The van der Waals surface area contributed by atoms with Crippen molar-refractivity contribution >= 4 is 0 Å². The summed E-state index contributed by atoms with van der Waals surface area (Å²) < 4.78 is 0. The zero-order valence-corrected chi connectivity index (χ0v) is 10.7. The molecule has 1 rings (SSSR count). The molecular weight excluding hydrogens is 214 g/mol. The van der Waals surface area contributed by atoms with Crippen LogP contribution in [0.3, 0.4) is 0 Å². The van der Waals surface area contributed by atoms with E-state index in [4.69, 9.17) is 0 Å². The van der Waals surface area contributed by atoms with Gasteiger partial charge in [0.25, 0.3) is 0 Å². The first-order valence-electron chi connectivity index (χ1n) is 6.20. The number of rotatable bonds is 7. The van der Waals surface area contributed by atoms with Crippen LogP contribution >= 0.6 is 0 Å². The monoisotopic (exact) mass is 237 g/mol. The Morgan fingerprint density at radius 1 is 1.06 bits per heavy atom. The molecule has 0 saturated carbocycles. The van der Waals surface area contributed by atoms with Gasteiger partial charge in [0.15, 0.2) is 0 Å². The molecule has 0 bridgehead atoms. The molecule has 3 nitrogen and oxygen atoms in total. The smallest absolute Gasteiger partial charge is 0.0639 e. The Balaban J connectivity index is 2.51. The standard InChI is InChI=1S/C14H23NO2/c1-12(16)8-9-15(10-13(2)17)11-14-6-4-3-5-7-14/h3-7,12-13,16-17H,8-11H2,1-2H3. The first-order valence-corrected chi connectivity index (χ1v) is 6.20. The fraction of sp³-hybridized carbons (Fsp3) is 0.571. The van der Waals surface area contributed by atoms with Crippen molar-refractivity contribution in [2.75, 3.05) is 13.1 Å². The maximum Gasteiger partial charge on any atom is 0.0639 e. The molecule has 1 aromatic rings. The van der Waals surface area contributed by atoms with Crippen LogP contribution < -0.4 is 0 Å². The molecule has 0 saturated heterocycles. The SMILES string of the molecule is CC(O)CCN(Cc1ccccc1)CC(C)O. The molecule has 1 aromatic carbocycles. The molecule has 3 heteroatoms. The molecule has 17 heavy (non-hydrogen) atoms. The molecule has 96 valence electrons. The van der Waals surface area contributed by atoms with Crippen LogP contribution in [0.2, 0.25) is 0 Å². The van der Waals surface area contributed by atoms with Gasteiger partial charge in [-0.2, -0.15) is 0 Å². The molecule has 0 radical (unpaired) electrons. The third-order valence-electron chi connectivity index (χ3n) is 2.63. The van der Waals surface area contributed by atoms with Gasteiger partial charge in [0, 0.05) is 19.6 Å². The van der Waals surface area contributed by atoms with Crippen LogP contribution in [0.5, 0.6) is 0 Å². The summed E-state index contributed by atoms with van der Waals surface area (Å²) in [5.41, 5.74) is 1.23. The molecule has 0 aliphatic heterocycles. The van der Waals surface area contributed by atoms with Gasteiger partial charge in [-0.15, -0.1) is 0 Å². The van der Waals surface area contributed by atoms with Crippen LogP contribution in [-0.4, -0.2) is 40.4 Å². The van der Waals surface area contributed by atoms with E-state index in [2.05, 4.69) is 17.0 Å². The first-order chi connectivity index (χ1) is 8.08. The number of aliphatic hydroxyl groups excluding tert-OH is 2. The average Bonchev–Trinajstić information content (AvgIpc) is 2.26. The van der Waals surface area contributed by atoms with Crippen molar-refractivity contribution in [3.05, 3.63) is 35.9 Å². The molecule has 2 unspecified atom stereocenters. The van der Waals surface area contributed by atoms with Crippen LogP contribution in [0.25, 0.3) is 0 Å². The highest BCUT2D eigenvalue weighted by Gasteiger charge is 2.10. The maximum atomic E-state index is 9.46. The van der Waals surface area contributed by atoms with E-state index < -0.39 is 0 Å². The molecule has 0 spiro atoms. The molecule has 2 N–H and O–H groups in total. The van der Waals surface area contributed by atoms with E-state index in [-0.39, 0.29) is 12.2 Å². The van der Waals surface area contributed by atoms with Gasteiger partial charge >= 0.3 is 0 Å². The first kappa shape index (κ1) is 14.2. The van der Waals surface area contributed by atoms with Crippen molar-refractivity contribution in [2.24, 2.45) is 0 Å². The Kier molecular flexibility index (Phi) is 6.19. The summed E-state index contributed by atoms with van der Waals surface area (Å²) in [6, 6.07) is 10.2. The second-order valence-electron chi connectivity index (χ2n) is 4.71. The average molecular weight is 237 g/mol. The lowest BCUT2D eigenvalue weighted by atomic mass is 10.2. The number of benzene rings is 1. The Labute approximate surface area is 104 Å². The van der Waals surface area contributed by atoms with Gasteiger partial charge in [-0.3, -0.25) is 4.90 Å². The summed E-state index contributed by atoms with van der Waals surface area (Å²) in [5.74, 6) is 0. The summed E-state index contributed by atoms with van der Waals surface area (Å²) in [6.07, 6.45) is 0.106. The number of hydrogen-bond acceptors (Lipinski definition) is 3. The van der Waals surface area contributed by atoms with Crippen LogP contribution in [0.1, 0.15) is 25.8 Å². The summed E-state index contributed by atoms with van der Waals surface area (Å²) in [7, 11) is 0. The minimum atomic E-state index is -0.340. The lowest BCUT2D eigenvalue weighted by Gasteiger charge is -2.24. The fourth-order valence-electron chi connectivity index (χ4n) is 1.82. The highest BCUT2D eigenvalue weighted by molar-refractivity contribution is 5.14.